The van der Waals surface area contributed by atoms with Crippen LogP contribution in [0.2, 0.25) is 0 Å². The summed E-state index contributed by atoms with van der Waals surface area (Å²) in [5, 5.41) is 11.8. The molecule has 2 aromatic rings. The van der Waals surface area contributed by atoms with Gasteiger partial charge in [-0.1, -0.05) is 30.3 Å². The number of thiazole rings is 1. The van der Waals surface area contributed by atoms with Crippen molar-refractivity contribution in [2.45, 2.75) is 6.92 Å². The van der Waals surface area contributed by atoms with Crippen LogP contribution in [-0.2, 0) is 4.74 Å². The van der Waals surface area contributed by atoms with Gasteiger partial charge in [-0.25, -0.2) is 4.98 Å². The molecule has 1 heterocycles. The zero-order chi connectivity index (χ0) is 13.0. The van der Waals surface area contributed by atoms with E-state index in [1.165, 1.54) is 11.3 Å². The molecule has 1 aromatic heterocycles. The average molecular weight is 256 g/mol. The lowest BCUT2D eigenvalue weighted by Crippen LogP contribution is -1.89. The van der Waals surface area contributed by atoms with Gasteiger partial charge in [0, 0.05) is 10.9 Å². The Kier molecular flexibility index (Phi) is 3.75. The molecule has 0 bridgehead atoms. The lowest BCUT2D eigenvalue weighted by Gasteiger charge is -2.00. The number of rotatable bonds is 3. The molecular formula is C14H12N2OS. The Morgan fingerprint density at radius 2 is 2.06 bits per heavy atom. The summed E-state index contributed by atoms with van der Waals surface area (Å²) in [5.74, 6) is 0.589. The van der Waals surface area contributed by atoms with Crippen molar-refractivity contribution < 1.29 is 4.74 Å². The number of aromatic nitrogens is 1. The fourth-order valence-electron chi connectivity index (χ4n) is 1.51. The molecule has 0 aliphatic heterocycles. The molecule has 0 unspecified atom stereocenters. The summed E-state index contributed by atoms with van der Waals surface area (Å²) >= 11 is 1.45. The summed E-state index contributed by atoms with van der Waals surface area (Å²) in [6.07, 6.45) is 0. The van der Waals surface area contributed by atoms with Crippen molar-refractivity contribution in [2.75, 3.05) is 7.11 Å². The largest absolute Gasteiger partial charge is 0.500 e. The number of allylic oxidation sites excluding steroid dienone is 2. The van der Waals surface area contributed by atoms with E-state index in [1.54, 1.807) is 14.0 Å². The predicted molar refractivity (Wildman–Crippen MR) is 72.8 cm³/mol. The molecule has 0 aliphatic rings. The van der Waals surface area contributed by atoms with Crippen molar-refractivity contribution in [3.63, 3.8) is 0 Å². The highest BCUT2D eigenvalue weighted by Crippen LogP contribution is 2.27. The monoisotopic (exact) mass is 256 g/mol. The van der Waals surface area contributed by atoms with Crippen molar-refractivity contribution in [3.8, 4) is 17.3 Å². The molecular weight excluding hydrogens is 244 g/mol. The summed E-state index contributed by atoms with van der Waals surface area (Å²) < 4.78 is 5.10. The number of nitrogens with zero attached hydrogens (tertiary/aromatic N) is 2. The van der Waals surface area contributed by atoms with Gasteiger partial charge in [0.05, 0.1) is 12.8 Å². The van der Waals surface area contributed by atoms with E-state index in [4.69, 9.17) is 10.00 Å². The van der Waals surface area contributed by atoms with E-state index in [-0.39, 0.29) is 0 Å². The lowest BCUT2D eigenvalue weighted by molar-refractivity contribution is 0.296. The molecule has 0 N–H and O–H groups in total. The minimum Gasteiger partial charge on any atom is -0.500 e. The third kappa shape index (κ3) is 2.41. The van der Waals surface area contributed by atoms with Crippen LogP contribution in [0.5, 0.6) is 0 Å². The minimum absolute atomic E-state index is 0.490. The third-order valence-corrected chi connectivity index (χ3v) is 3.42. The molecule has 0 saturated heterocycles. The van der Waals surface area contributed by atoms with Crippen LogP contribution in [0.4, 0.5) is 0 Å². The van der Waals surface area contributed by atoms with Crippen LogP contribution >= 0.6 is 11.3 Å². The first-order valence-corrected chi connectivity index (χ1v) is 6.30. The maximum atomic E-state index is 9.14. The quantitative estimate of drug-likeness (QED) is 0.621. The smallest absolute Gasteiger partial charge is 0.138 e. The molecule has 2 rings (SSSR count). The molecule has 3 nitrogen and oxygen atoms in total. The molecule has 0 fully saturated rings. The van der Waals surface area contributed by atoms with E-state index in [2.05, 4.69) is 11.1 Å². The second-order valence-electron chi connectivity index (χ2n) is 3.65. The molecule has 0 aliphatic carbocycles. The molecule has 18 heavy (non-hydrogen) atoms. The van der Waals surface area contributed by atoms with Crippen molar-refractivity contribution in [1.29, 1.82) is 5.26 Å². The van der Waals surface area contributed by atoms with Gasteiger partial charge < -0.3 is 4.74 Å². The number of hydrogen-bond donors (Lipinski definition) is 0. The molecule has 0 spiro atoms. The van der Waals surface area contributed by atoms with Gasteiger partial charge in [-0.05, 0) is 6.92 Å². The molecule has 0 atom stereocenters. The Hall–Kier alpha value is -2.12. The fourth-order valence-corrected chi connectivity index (χ4v) is 2.38. The van der Waals surface area contributed by atoms with E-state index in [0.717, 1.165) is 11.3 Å². The minimum atomic E-state index is 0.490. The van der Waals surface area contributed by atoms with Crippen LogP contribution in [-0.4, -0.2) is 12.1 Å². The first kappa shape index (κ1) is 12.3. The number of hydrogen-bond acceptors (Lipinski definition) is 4. The predicted octanol–water partition coefficient (Wildman–Crippen LogP) is 3.71. The normalized spacial score (nSPS) is 11.6. The second kappa shape index (κ2) is 5.48. The van der Waals surface area contributed by atoms with Crippen molar-refractivity contribution >= 4 is 16.9 Å². The van der Waals surface area contributed by atoms with Gasteiger partial charge in [0.1, 0.15) is 22.4 Å². The van der Waals surface area contributed by atoms with Gasteiger partial charge >= 0.3 is 0 Å². The molecule has 4 heteroatoms. The highest BCUT2D eigenvalue weighted by Gasteiger charge is 2.11. The van der Waals surface area contributed by atoms with Gasteiger partial charge in [-0.15, -0.1) is 11.3 Å². The fraction of sp³-hybridized carbons (Fsp3) is 0.143. The third-order valence-electron chi connectivity index (χ3n) is 2.56. The highest BCUT2D eigenvalue weighted by molar-refractivity contribution is 7.11. The van der Waals surface area contributed by atoms with Gasteiger partial charge in [-0.2, -0.15) is 5.26 Å². The maximum Gasteiger partial charge on any atom is 0.138 e. The molecule has 0 radical (unpaired) electrons. The summed E-state index contributed by atoms with van der Waals surface area (Å²) in [6, 6.07) is 12.0. The lowest BCUT2D eigenvalue weighted by atomic mass is 10.2. The Balaban J connectivity index is 2.41. The number of nitriles is 1. The van der Waals surface area contributed by atoms with E-state index in [0.29, 0.717) is 16.3 Å². The van der Waals surface area contributed by atoms with Crippen molar-refractivity contribution in [1.82, 2.24) is 4.98 Å². The van der Waals surface area contributed by atoms with Crippen LogP contribution in [0.3, 0.4) is 0 Å². The number of methoxy groups -OCH3 is 1. The van der Waals surface area contributed by atoms with Crippen molar-refractivity contribution in [3.05, 3.63) is 46.5 Å². The second-order valence-corrected chi connectivity index (χ2v) is 4.51. The van der Waals surface area contributed by atoms with Gasteiger partial charge in [0.2, 0.25) is 0 Å². The average Bonchev–Trinajstić information content (AvgIpc) is 2.90. The van der Waals surface area contributed by atoms with Gasteiger partial charge in [-0.3, -0.25) is 0 Å². The Labute approximate surface area is 110 Å². The zero-order valence-corrected chi connectivity index (χ0v) is 11.0. The van der Waals surface area contributed by atoms with Gasteiger partial charge in [0.15, 0.2) is 0 Å². The highest BCUT2D eigenvalue weighted by atomic mass is 32.1. The Morgan fingerprint density at radius 3 is 2.67 bits per heavy atom. The summed E-state index contributed by atoms with van der Waals surface area (Å²) in [7, 11) is 1.55. The molecule has 1 aromatic carbocycles. The van der Waals surface area contributed by atoms with Crippen molar-refractivity contribution in [2.24, 2.45) is 0 Å². The van der Waals surface area contributed by atoms with E-state index in [1.807, 2.05) is 35.7 Å². The van der Waals surface area contributed by atoms with Crippen LogP contribution in [0.25, 0.3) is 16.8 Å². The standard InChI is InChI=1S/C14H12N2OS/c1-10(17-2)12(8-15)14-16-13(9-18-14)11-6-4-3-5-7-11/h3-7,9H,1-2H3. The summed E-state index contributed by atoms with van der Waals surface area (Å²) in [5.41, 5.74) is 2.42. The van der Waals surface area contributed by atoms with E-state index < -0.39 is 0 Å². The number of benzene rings is 1. The Bertz CT molecular complexity index is 608. The van der Waals surface area contributed by atoms with E-state index in [9.17, 15) is 0 Å². The first-order valence-electron chi connectivity index (χ1n) is 5.42. The molecule has 0 saturated carbocycles. The van der Waals surface area contributed by atoms with Crippen LogP contribution < -0.4 is 0 Å². The van der Waals surface area contributed by atoms with E-state index >= 15 is 0 Å². The SMILES string of the molecule is COC(C)=C(C#N)c1nc(-c2ccccc2)cs1. The Morgan fingerprint density at radius 1 is 1.33 bits per heavy atom. The molecule has 90 valence electrons. The summed E-state index contributed by atoms with van der Waals surface area (Å²) in [6.45, 7) is 1.77. The number of ether oxygens (including phenoxy) is 1. The summed E-state index contributed by atoms with van der Waals surface area (Å²) in [4.78, 5) is 4.48. The van der Waals surface area contributed by atoms with Crippen LogP contribution in [0.15, 0.2) is 41.5 Å². The molecule has 0 amide bonds. The van der Waals surface area contributed by atoms with Gasteiger partial charge in [0.25, 0.3) is 0 Å². The van der Waals surface area contributed by atoms with Crippen LogP contribution in [0, 0.1) is 11.3 Å². The zero-order valence-electron chi connectivity index (χ0n) is 10.2. The maximum absolute atomic E-state index is 9.14. The van der Waals surface area contributed by atoms with Crippen LogP contribution in [0.1, 0.15) is 11.9 Å². The first-order chi connectivity index (χ1) is 8.76. The topological polar surface area (TPSA) is 45.9 Å².